The molecule has 0 unspecified atom stereocenters. The molecule has 2 aliphatic rings. The predicted octanol–water partition coefficient (Wildman–Crippen LogP) is 3.09. The molecule has 1 aromatic heterocycles. The van der Waals surface area contributed by atoms with Crippen molar-refractivity contribution in [1.82, 2.24) is 15.2 Å². The lowest BCUT2D eigenvalue weighted by Gasteiger charge is -2.33. The van der Waals surface area contributed by atoms with Crippen LogP contribution >= 0.6 is 0 Å². The zero-order valence-electron chi connectivity index (χ0n) is 20.5. The van der Waals surface area contributed by atoms with E-state index in [2.05, 4.69) is 26.8 Å². The van der Waals surface area contributed by atoms with E-state index in [1.807, 2.05) is 24.0 Å². The van der Waals surface area contributed by atoms with Crippen molar-refractivity contribution in [3.05, 3.63) is 46.6 Å². The zero-order valence-corrected chi connectivity index (χ0v) is 21.3. The molecule has 2 aromatic rings. The summed E-state index contributed by atoms with van der Waals surface area (Å²) in [6.07, 6.45) is 3.46. The van der Waals surface area contributed by atoms with Gasteiger partial charge in [-0.3, -0.25) is 9.52 Å². The predicted molar refractivity (Wildman–Crippen MR) is 135 cm³/mol. The number of amides is 1. The number of piperidine rings is 1. The highest BCUT2D eigenvalue weighted by Crippen LogP contribution is 2.28. The first-order valence-electron chi connectivity index (χ1n) is 12.0. The maximum Gasteiger partial charge on any atom is 0.262 e. The number of sulfonamides is 1. The maximum atomic E-state index is 13.6. The number of anilines is 2. The Hall–Kier alpha value is -2.65. The fourth-order valence-electron chi connectivity index (χ4n) is 4.98. The topological polar surface area (TPSA) is 94.6 Å². The summed E-state index contributed by atoms with van der Waals surface area (Å²) in [6.45, 7) is 12.3. The zero-order chi connectivity index (χ0) is 24.5. The maximum absolute atomic E-state index is 13.6. The van der Waals surface area contributed by atoms with Gasteiger partial charge in [0.2, 0.25) is 0 Å². The molecule has 0 aliphatic carbocycles. The Morgan fingerprint density at radius 2 is 1.65 bits per heavy atom. The highest BCUT2D eigenvalue weighted by molar-refractivity contribution is 7.92. The number of carbonyl (C=O) groups excluding carboxylic acids is 1. The Morgan fingerprint density at radius 1 is 1.03 bits per heavy atom. The van der Waals surface area contributed by atoms with Crippen molar-refractivity contribution in [2.45, 2.75) is 45.4 Å². The fraction of sp³-hybridized carbons (Fsp3) is 0.520. The molecular formula is C25H35N5O3S. The molecule has 9 heteroatoms. The summed E-state index contributed by atoms with van der Waals surface area (Å²) in [5.41, 5.74) is 3.14. The normalized spacial score (nSPS) is 17.6. The van der Waals surface area contributed by atoms with E-state index in [9.17, 15) is 13.2 Å². The molecule has 0 saturated carbocycles. The van der Waals surface area contributed by atoms with E-state index in [-0.39, 0.29) is 10.8 Å². The molecule has 1 amide bonds. The molecular weight excluding hydrogens is 450 g/mol. The van der Waals surface area contributed by atoms with Gasteiger partial charge in [-0.2, -0.15) is 0 Å². The molecule has 1 aromatic carbocycles. The van der Waals surface area contributed by atoms with Crippen LogP contribution in [0.4, 0.5) is 11.5 Å². The first-order valence-corrected chi connectivity index (χ1v) is 13.5. The number of aromatic nitrogens is 1. The van der Waals surface area contributed by atoms with Gasteiger partial charge >= 0.3 is 0 Å². The number of nitrogens with zero attached hydrogens (tertiary/aromatic N) is 3. The highest BCUT2D eigenvalue weighted by atomic mass is 32.2. The number of pyridine rings is 1. The molecule has 2 fully saturated rings. The molecule has 184 valence electrons. The number of hydrogen-bond donors (Lipinski definition) is 2. The minimum Gasteiger partial charge on any atom is -0.353 e. The van der Waals surface area contributed by atoms with Crippen LogP contribution in [0.1, 0.15) is 46.8 Å². The second-order valence-electron chi connectivity index (χ2n) is 9.64. The minimum atomic E-state index is -3.84. The van der Waals surface area contributed by atoms with Crippen molar-refractivity contribution < 1.29 is 13.2 Å². The number of carbonyl (C=O) groups is 1. The van der Waals surface area contributed by atoms with Crippen LogP contribution < -0.4 is 14.9 Å². The van der Waals surface area contributed by atoms with E-state index in [0.29, 0.717) is 47.2 Å². The third-order valence-electron chi connectivity index (χ3n) is 6.71. The van der Waals surface area contributed by atoms with Crippen LogP contribution in [-0.2, 0) is 10.0 Å². The molecule has 4 rings (SSSR count). The van der Waals surface area contributed by atoms with Crippen LogP contribution in [-0.4, -0.2) is 63.5 Å². The van der Waals surface area contributed by atoms with Crippen molar-refractivity contribution >= 4 is 27.4 Å². The molecule has 8 nitrogen and oxygen atoms in total. The van der Waals surface area contributed by atoms with E-state index in [0.717, 1.165) is 44.6 Å². The Kier molecular flexibility index (Phi) is 7.14. The van der Waals surface area contributed by atoms with Gasteiger partial charge in [0.15, 0.2) is 0 Å². The van der Waals surface area contributed by atoms with Gasteiger partial charge in [0, 0.05) is 39.3 Å². The van der Waals surface area contributed by atoms with Crippen molar-refractivity contribution in [3.63, 3.8) is 0 Å². The van der Waals surface area contributed by atoms with E-state index in [1.54, 1.807) is 19.9 Å². The summed E-state index contributed by atoms with van der Waals surface area (Å²) < 4.78 is 29.3. The summed E-state index contributed by atoms with van der Waals surface area (Å²) in [6, 6.07) is 5.38. The third kappa shape index (κ3) is 5.20. The lowest BCUT2D eigenvalue weighted by atomic mass is 9.98. The Bertz CT molecular complexity index is 1140. The van der Waals surface area contributed by atoms with Crippen LogP contribution in [0.3, 0.4) is 0 Å². The summed E-state index contributed by atoms with van der Waals surface area (Å²) >= 11 is 0. The smallest absolute Gasteiger partial charge is 0.262 e. The molecule has 2 saturated heterocycles. The fourth-order valence-corrected chi connectivity index (χ4v) is 6.47. The van der Waals surface area contributed by atoms with E-state index in [4.69, 9.17) is 0 Å². The third-order valence-corrected chi connectivity index (χ3v) is 8.40. The van der Waals surface area contributed by atoms with Gasteiger partial charge in [-0.15, -0.1) is 0 Å². The molecule has 3 heterocycles. The molecule has 0 bridgehead atoms. The van der Waals surface area contributed by atoms with Crippen molar-refractivity contribution in [1.29, 1.82) is 0 Å². The standard InChI is InChI=1S/C25H35N5O3S/c1-17-5-9-30(10-6-17)25(31)22-15-21(16-27-24(22)29-11-7-26-8-12-29)28-34(32,33)23-19(3)13-18(2)14-20(23)4/h13-17,26,28H,5-12H2,1-4H3. The van der Waals surface area contributed by atoms with Gasteiger partial charge in [-0.25, -0.2) is 13.4 Å². The summed E-state index contributed by atoms with van der Waals surface area (Å²) in [4.78, 5) is 22.4. The quantitative estimate of drug-likeness (QED) is 0.676. The highest BCUT2D eigenvalue weighted by Gasteiger charge is 2.28. The Labute approximate surface area is 202 Å². The number of nitrogens with one attached hydrogen (secondary N) is 2. The first kappa shape index (κ1) is 24.5. The lowest BCUT2D eigenvalue weighted by molar-refractivity contribution is 0.0697. The molecule has 34 heavy (non-hydrogen) atoms. The van der Waals surface area contributed by atoms with Gasteiger partial charge in [-0.05, 0) is 56.7 Å². The molecule has 0 atom stereocenters. The second-order valence-corrected chi connectivity index (χ2v) is 11.3. The molecule has 0 radical (unpaired) electrons. The number of benzene rings is 1. The lowest BCUT2D eigenvalue weighted by Crippen LogP contribution is -2.45. The average molecular weight is 486 g/mol. The van der Waals surface area contributed by atoms with Crippen LogP contribution in [0.5, 0.6) is 0 Å². The Balaban J connectivity index is 1.69. The monoisotopic (exact) mass is 485 g/mol. The number of rotatable bonds is 5. The minimum absolute atomic E-state index is 0.0864. The summed E-state index contributed by atoms with van der Waals surface area (Å²) in [5, 5.41) is 3.32. The summed E-state index contributed by atoms with van der Waals surface area (Å²) in [7, 11) is -3.84. The molecule has 0 spiro atoms. The Morgan fingerprint density at radius 3 is 2.26 bits per heavy atom. The number of hydrogen-bond acceptors (Lipinski definition) is 6. The average Bonchev–Trinajstić information content (AvgIpc) is 2.78. The van der Waals surface area contributed by atoms with Crippen LogP contribution in [0, 0.1) is 26.7 Å². The SMILES string of the molecule is Cc1cc(C)c(S(=O)(=O)Nc2cnc(N3CCNCC3)c(C(=O)N3CCC(C)CC3)c2)c(C)c1. The molecule has 2 N–H and O–H groups in total. The largest absolute Gasteiger partial charge is 0.353 e. The summed E-state index contributed by atoms with van der Waals surface area (Å²) in [5.74, 6) is 1.14. The van der Waals surface area contributed by atoms with Crippen LogP contribution in [0.2, 0.25) is 0 Å². The number of aryl methyl sites for hydroxylation is 3. The van der Waals surface area contributed by atoms with Crippen LogP contribution in [0.25, 0.3) is 0 Å². The van der Waals surface area contributed by atoms with Gasteiger partial charge in [-0.1, -0.05) is 24.6 Å². The van der Waals surface area contributed by atoms with Crippen molar-refractivity contribution in [3.8, 4) is 0 Å². The van der Waals surface area contributed by atoms with Gasteiger partial charge < -0.3 is 15.1 Å². The number of piperazine rings is 1. The van der Waals surface area contributed by atoms with E-state index < -0.39 is 10.0 Å². The number of likely N-dealkylation sites (tertiary alicyclic amines) is 1. The van der Waals surface area contributed by atoms with Crippen LogP contribution in [0.15, 0.2) is 29.3 Å². The molecule has 2 aliphatic heterocycles. The van der Waals surface area contributed by atoms with Gasteiger partial charge in [0.1, 0.15) is 5.82 Å². The van der Waals surface area contributed by atoms with Gasteiger partial charge in [0.05, 0.1) is 22.3 Å². The van der Waals surface area contributed by atoms with Gasteiger partial charge in [0.25, 0.3) is 15.9 Å². The second kappa shape index (κ2) is 9.92. The van der Waals surface area contributed by atoms with Crippen molar-refractivity contribution in [2.75, 3.05) is 48.9 Å². The van der Waals surface area contributed by atoms with Crippen molar-refractivity contribution in [2.24, 2.45) is 5.92 Å². The first-order chi connectivity index (χ1) is 16.2. The van der Waals surface area contributed by atoms with E-state index in [1.165, 1.54) is 6.20 Å². The van der Waals surface area contributed by atoms with E-state index >= 15 is 0 Å².